The molecule has 0 saturated carbocycles. The second kappa shape index (κ2) is 10.0. The fraction of sp³-hybridized carbons (Fsp3) is 0.231. The monoisotopic (exact) mass is 429 g/mol. The molecule has 0 spiro atoms. The van der Waals surface area contributed by atoms with Crippen molar-refractivity contribution in [2.75, 3.05) is 43.0 Å². The van der Waals surface area contributed by atoms with Gasteiger partial charge >= 0.3 is 0 Å². The molecule has 0 radical (unpaired) electrons. The normalized spacial score (nSPS) is 13.5. The van der Waals surface area contributed by atoms with Crippen LogP contribution in [0.3, 0.4) is 0 Å². The Balaban J connectivity index is 1.26. The van der Waals surface area contributed by atoms with Crippen molar-refractivity contribution in [1.29, 1.82) is 0 Å². The predicted molar refractivity (Wildman–Crippen MR) is 126 cm³/mol. The number of nitrogens with zero attached hydrogens (tertiary/aromatic N) is 2. The molecule has 0 aliphatic carbocycles. The van der Waals surface area contributed by atoms with Crippen LogP contribution in [-0.2, 0) is 4.79 Å². The quantitative estimate of drug-likeness (QED) is 0.644. The van der Waals surface area contributed by atoms with Crippen LogP contribution in [0.5, 0.6) is 5.75 Å². The fourth-order valence-electron chi connectivity index (χ4n) is 3.75. The van der Waals surface area contributed by atoms with Crippen LogP contribution in [0.15, 0.2) is 78.9 Å². The molecule has 0 aromatic heterocycles. The van der Waals surface area contributed by atoms with Crippen LogP contribution in [0, 0.1) is 6.92 Å². The number of nitrogens with one attached hydrogen (secondary N) is 1. The Hall–Kier alpha value is -3.80. The van der Waals surface area contributed by atoms with Gasteiger partial charge < -0.3 is 19.9 Å². The van der Waals surface area contributed by atoms with Gasteiger partial charge in [-0.1, -0.05) is 36.4 Å². The minimum Gasteiger partial charge on any atom is -0.483 e. The number of benzene rings is 3. The standard InChI is InChI=1S/C26H27N3O3/c1-20-7-5-6-10-24(20)32-19-25(30)27-22-11-13-23(14-12-22)28-15-17-29(18-16-28)26(31)21-8-3-2-4-9-21/h2-14H,15-19H2,1H3,(H,27,30). The first-order valence-electron chi connectivity index (χ1n) is 10.8. The van der Waals surface area contributed by atoms with Crippen molar-refractivity contribution >= 4 is 23.2 Å². The number of hydrogen-bond acceptors (Lipinski definition) is 4. The lowest BCUT2D eigenvalue weighted by Gasteiger charge is -2.36. The number of carbonyl (C=O) groups is 2. The molecule has 1 fully saturated rings. The van der Waals surface area contributed by atoms with Gasteiger partial charge in [-0.3, -0.25) is 9.59 Å². The highest BCUT2D eigenvalue weighted by atomic mass is 16.5. The van der Waals surface area contributed by atoms with Gasteiger partial charge in [0, 0.05) is 43.1 Å². The van der Waals surface area contributed by atoms with E-state index in [4.69, 9.17) is 4.74 Å². The highest BCUT2D eigenvalue weighted by Gasteiger charge is 2.22. The van der Waals surface area contributed by atoms with Crippen molar-refractivity contribution in [2.45, 2.75) is 6.92 Å². The summed E-state index contributed by atoms with van der Waals surface area (Å²) in [5, 5.41) is 2.87. The van der Waals surface area contributed by atoms with Crippen LogP contribution < -0.4 is 15.0 Å². The summed E-state index contributed by atoms with van der Waals surface area (Å²) < 4.78 is 5.60. The minimum atomic E-state index is -0.200. The van der Waals surface area contributed by atoms with Crippen molar-refractivity contribution < 1.29 is 14.3 Å². The fourth-order valence-corrected chi connectivity index (χ4v) is 3.75. The van der Waals surface area contributed by atoms with Gasteiger partial charge in [-0.15, -0.1) is 0 Å². The van der Waals surface area contributed by atoms with E-state index in [1.807, 2.05) is 90.7 Å². The predicted octanol–water partition coefficient (Wildman–Crippen LogP) is 3.97. The van der Waals surface area contributed by atoms with E-state index in [9.17, 15) is 9.59 Å². The lowest BCUT2D eigenvalue weighted by atomic mass is 10.1. The number of amides is 2. The lowest BCUT2D eigenvalue weighted by Crippen LogP contribution is -2.48. The molecule has 3 aromatic rings. The number of hydrogen-bond donors (Lipinski definition) is 1. The number of aryl methyl sites for hydroxylation is 1. The molecule has 164 valence electrons. The Labute approximate surface area is 188 Å². The topological polar surface area (TPSA) is 61.9 Å². The summed E-state index contributed by atoms with van der Waals surface area (Å²) in [6, 6.07) is 24.8. The van der Waals surface area contributed by atoms with Crippen molar-refractivity contribution in [3.05, 3.63) is 90.0 Å². The van der Waals surface area contributed by atoms with Crippen LogP contribution in [0.4, 0.5) is 11.4 Å². The molecule has 0 bridgehead atoms. The Morgan fingerprint density at radius 3 is 2.19 bits per heavy atom. The van der Waals surface area contributed by atoms with Crippen molar-refractivity contribution in [2.24, 2.45) is 0 Å². The van der Waals surface area contributed by atoms with Crippen LogP contribution in [-0.4, -0.2) is 49.5 Å². The molecular formula is C26H27N3O3. The van der Waals surface area contributed by atoms with Gasteiger partial charge in [0.05, 0.1) is 0 Å². The molecule has 1 aliphatic rings. The smallest absolute Gasteiger partial charge is 0.262 e. The SMILES string of the molecule is Cc1ccccc1OCC(=O)Nc1ccc(N2CCN(C(=O)c3ccccc3)CC2)cc1. The zero-order chi connectivity index (χ0) is 22.3. The van der Waals surface area contributed by atoms with E-state index in [0.29, 0.717) is 18.8 Å². The first-order chi connectivity index (χ1) is 15.6. The number of para-hydroxylation sites is 1. The average Bonchev–Trinajstić information content (AvgIpc) is 2.84. The number of anilines is 2. The van der Waals surface area contributed by atoms with Crippen LogP contribution in [0.2, 0.25) is 0 Å². The van der Waals surface area contributed by atoms with Crippen LogP contribution in [0.1, 0.15) is 15.9 Å². The summed E-state index contributed by atoms with van der Waals surface area (Å²) >= 11 is 0. The summed E-state index contributed by atoms with van der Waals surface area (Å²) in [5.41, 5.74) is 3.53. The highest BCUT2D eigenvalue weighted by Crippen LogP contribution is 2.21. The number of ether oxygens (including phenoxy) is 1. The van der Waals surface area contributed by atoms with Gasteiger partial charge in [-0.25, -0.2) is 0 Å². The third-order valence-electron chi connectivity index (χ3n) is 5.56. The molecule has 3 aromatic carbocycles. The summed E-state index contributed by atoms with van der Waals surface area (Å²) in [4.78, 5) is 29.0. The van der Waals surface area contributed by atoms with Gasteiger partial charge in [-0.05, 0) is 55.0 Å². The van der Waals surface area contributed by atoms with Crippen molar-refractivity contribution in [3.8, 4) is 5.75 Å². The van der Waals surface area contributed by atoms with E-state index in [1.165, 1.54) is 0 Å². The number of carbonyl (C=O) groups excluding carboxylic acids is 2. The zero-order valence-corrected chi connectivity index (χ0v) is 18.2. The first kappa shape index (κ1) is 21.4. The number of rotatable bonds is 6. The third kappa shape index (κ3) is 5.27. The summed E-state index contributed by atoms with van der Waals surface area (Å²) in [6.07, 6.45) is 0. The molecule has 1 N–H and O–H groups in total. The lowest BCUT2D eigenvalue weighted by molar-refractivity contribution is -0.118. The largest absolute Gasteiger partial charge is 0.483 e. The maximum atomic E-state index is 12.6. The molecule has 2 amide bonds. The molecule has 1 aliphatic heterocycles. The van der Waals surface area contributed by atoms with E-state index in [-0.39, 0.29) is 18.4 Å². The molecule has 0 atom stereocenters. The van der Waals surface area contributed by atoms with E-state index >= 15 is 0 Å². The summed E-state index contributed by atoms with van der Waals surface area (Å²) in [6.45, 7) is 4.82. The molecule has 6 nitrogen and oxygen atoms in total. The molecule has 1 heterocycles. The van der Waals surface area contributed by atoms with Crippen molar-refractivity contribution in [1.82, 2.24) is 4.90 Å². The Morgan fingerprint density at radius 2 is 1.50 bits per heavy atom. The summed E-state index contributed by atoms with van der Waals surface area (Å²) in [7, 11) is 0. The van der Waals surface area contributed by atoms with Crippen molar-refractivity contribution in [3.63, 3.8) is 0 Å². The second-order valence-corrected chi connectivity index (χ2v) is 7.79. The Bertz CT molecular complexity index is 1060. The van der Waals surface area contributed by atoms with Gasteiger partial charge in [0.2, 0.25) is 0 Å². The van der Waals surface area contributed by atoms with Gasteiger partial charge in [0.15, 0.2) is 6.61 Å². The molecule has 32 heavy (non-hydrogen) atoms. The first-order valence-corrected chi connectivity index (χ1v) is 10.8. The minimum absolute atomic E-state index is 0.0377. The average molecular weight is 430 g/mol. The molecular weight excluding hydrogens is 402 g/mol. The maximum Gasteiger partial charge on any atom is 0.262 e. The number of piperazine rings is 1. The van der Waals surface area contributed by atoms with Gasteiger partial charge in [0.1, 0.15) is 5.75 Å². The third-order valence-corrected chi connectivity index (χ3v) is 5.56. The highest BCUT2D eigenvalue weighted by molar-refractivity contribution is 5.94. The molecule has 4 rings (SSSR count). The summed E-state index contributed by atoms with van der Waals surface area (Å²) in [5.74, 6) is 0.591. The maximum absolute atomic E-state index is 12.6. The zero-order valence-electron chi connectivity index (χ0n) is 18.2. The van der Waals surface area contributed by atoms with Crippen LogP contribution in [0.25, 0.3) is 0 Å². The van der Waals surface area contributed by atoms with E-state index in [2.05, 4.69) is 10.2 Å². The molecule has 0 unspecified atom stereocenters. The van der Waals surface area contributed by atoms with E-state index in [1.54, 1.807) is 0 Å². The van der Waals surface area contributed by atoms with Gasteiger partial charge in [-0.2, -0.15) is 0 Å². The Morgan fingerprint density at radius 1 is 0.844 bits per heavy atom. The second-order valence-electron chi connectivity index (χ2n) is 7.79. The molecule has 6 heteroatoms. The van der Waals surface area contributed by atoms with Crippen LogP contribution >= 0.6 is 0 Å². The Kier molecular flexibility index (Phi) is 6.70. The van der Waals surface area contributed by atoms with E-state index in [0.717, 1.165) is 35.6 Å². The van der Waals surface area contributed by atoms with E-state index < -0.39 is 0 Å². The molecule has 1 saturated heterocycles. The van der Waals surface area contributed by atoms with Gasteiger partial charge in [0.25, 0.3) is 11.8 Å².